The smallest absolute Gasteiger partial charge is 0.139 e. The van der Waals surface area contributed by atoms with Gasteiger partial charge in [0.25, 0.3) is 0 Å². The number of aryl methyl sites for hydroxylation is 1. The van der Waals surface area contributed by atoms with Gasteiger partial charge in [0.1, 0.15) is 12.2 Å². The van der Waals surface area contributed by atoms with Crippen LogP contribution in [0.2, 0.25) is 0 Å². The molecule has 5 nitrogen and oxygen atoms in total. The second-order valence-corrected chi connectivity index (χ2v) is 4.89. The third-order valence-corrected chi connectivity index (χ3v) is 3.49. The van der Waals surface area contributed by atoms with Crippen LogP contribution in [-0.4, -0.2) is 31.3 Å². The zero-order valence-corrected chi connectivity index (χ0v) is 9.33. The number of rotatable bonds is 5. The lowest BCUT2D eigenvalue weighted by molar-refractivity contribution is 0.636. The second-order valence-electron chi connectivity index (χ2n) is 3.39. The third kappa shape index (κ3) is 3.19. The molecule has 0 aliphatic carbocycles. The van der Waals surface area contributed by atoms with Gasteiger partial charge in [-0.05, 0) is 12.5 Å². The molecule has 2 atom stereocenters. The second kappa shape index (κ2) is 5.21. The van der Waals surface area contributed by atoms with Gasteiger partial charge in [-0.2, -0.15) is 5.10 Å². The predicted molar refractivity (Wildman–Crippen MR) is 55.9 cm³/mol. The summed E-state index contributed by atoms with van der Waals surface area (Å²) in [6, 6.07) is 0. The average Bonchev–Trinajstić information content (AvgIpc) is 2.51. The minimum absolute atomic E-state index is 0.295. The number of hydrogen-bond donors (Lipinski definition) is 1. The number of nitrogens with two attached hydrogens (primary N) is 1. The molecule has 1 rings (SSSR count). The Morgan fingerprint density at radius 2 is 2.43 bits per heavy atom. The van der Waals surface area contributed by atoms with Gasteiger partial charge in [0, 0.05) is 23.6 Å². The molecule has 0 spiro atoms. The lowest BCUT2D eigenvalue weighted by Crippen LogP contribution is -2.19. The molecule has 1 heterocycles. The van der Waals surface area contributed by atoms with Gasteiger partial charge in [0.05, 0.1) is 5.75 Å². The summed E-state index contributed by atoms with van der Waals surface area (Å²) in [5, 5.41) is 3.92. The van der Waals surface area contributed by atoms with Crippen molar-refractivity contribution >= 4 is 10.8 Å². The fraction of sp³-hybridized carbons (Fsp3) is 0.750. The minimum Gasteiger partial charge on any atom is -0.330 e. The van der Waals surface area contributed by atoms with Gasteiger partial charge in [0.2, 0.25) is 0 Å². The van der Waals surface area contributed by atoms with Crippen LogP contribution in [0.25, 0.3) is 0 Å². The van der Waals surface area contributed by atoms with E-state index in [9.17, 15) is 4.21 Å². The summed E-state index contributed by atoms with van der Waals surface area (Å²) in [4.78, 5) is 4.02. The van der Waals surface area contributed by atoms with Gasteiger partial charge in [-0.1, -0.05) is 6.92 Å². The zero-order valence-electron chi connectivity index (χ0n) is 8.51. The van der Waals surface area contributed by atoms with Gasteiger partial charge >= 0.3 is 0 Å². The van der Waals surface area contributed by atoms with Crippen LogP contribution in [0.5, 0.6) is 0 Å². The quantitative estimate of drug-likeness (QED) is 0.730. The largest absolute Gasteiger partial charge is 0.330 e. The van der Waals surface area contributed by atoms with Crippen molar-refractivity contribution in [3.63, 3.8) is 0 Å². The zero-order chi connectivity index (χ0) is 10.6. The number of nitrogens with zero attached hydrogens (tertiary/aromatic N) is 3. The summed E-state index contributed by atoms with van der Waals surface area (Å²) in [6.07, 6.45) is 1.47. The molecule has 0 aliphatic rings. The molecule has 6 heteroatoms. The van der Waals surface area contributed by atoms with E-state index in [0.29, 0.717) is 24.0 Å². The average molecular weight is 216 g/mol. The topological polar surface area (TPSA) is 73.8 Å². The van der Waals surface area contributed by atoms with Crippen LogP contribution in [0.1, 0.15) is 12.7 Å². The molecule has 2 N–H and O–H groups in total. The molecule has 0 fully saturated rings. The summed E-state index contributed by atoms with van der Waals surface area (Å²) >= 11 is 0. The van der Waals surface area contributed by atoms with Crippen LogP contribution in [0.4, 0.5) is 0 Å². The highest BCUT2D eigenvalue weighted by Gasteiger charge is 2.09. The maximum atomic E-state index is 11.6. The molecule has 80 valence electrons. The predicted octanol–water partition coefficient (Wildman–Crippen LogP) is -0.341. The van der Waals surface area contributed by atoms with Crippen molar-refractivity contribution in [1.82, 2.24) is 14.8 Å². The molecule has 1 aromatic heterocycles. The summed E-state index contributed by atoms with van der Waals surface area (Å²) in [6.45, 7) is 2.57. The first-order valence-corrected chi connectivity index (χ1v) is 6.00. The summed E-state index contributed by atoms with van der Waals surface area (Å²) in [5.41, 5.74) is 5.46. The molecule has 0 saturated carbocycles. The van der Waals surface area contributed by atoms with Gasteiger partial charge in [0.15, 0.2) is 0 Å². The molecular weight excluding hydrogens is 200 g/mol. The Morgan fingerprint density at radius 3 is 2.93 bits per heavy atom. The monoisotopic (exact) mass is 216 g/mol. The number of hydrogen-bond acceptors (Lipinski definition) is 4. The van der Waals surface area contributed by atoms with Crippen molar-refractivity contribution in [3.05, 3.63) is 12.2 Å². The van der Waals surface area contributed by atoms with Crippen LogP contribution in [0, 0.1) is 5.92 Å². The number of aromatic nitrogens is 3. The van der Waals surface area contributed by atoms with Crippen molar-refractivity contribution in [3.8, 4) is 0 Å². The Morgan fingerprint density at radius 1 is 1.71 bits per heavy atom. The van der Waals surface area contributed by atoms with E-state index in [2.05, 4.69) is 10.1 Å². The van der Waals surface area contributed by atoms with Crippen LogP contribution < -0.4 is 5.73 Å². The molecule has 0 saturated heterocycles. The molecule has 14 heavy (non-hydrogen) atoms. The Bertz CT molecular complexity index is 312. The summed E-state index contributed by atoms with van der Waals surface area (Å²) < 4.78 is 13.3. The maximum absolute atomic E-state index is 11.6. The fourth-order valence-electron chi connectivity index (χ4n) is 1.04. The van der Waals surface area contributed by atoms with E-state index >= 15 is 0 Å². The molecule has 0 aromatic carbocycles. The van der Waals surface area contributed by atoms with E-state index in [1.54, 1.807) is 11.7 Å². The minimum atomic E-state index is -0.893. The summed E-state index contributed by atoms with van der Waals surface area (Å²) in [7, 11) is 0.905. The first-order chi connectivity index (χ1) is 6.63. The molecule has 0 bridgehead atoms. The standard InChI is InChI=1S/C8H16N4OS/c1-7(3-9)4-14(13)5-8-10-6-11-12(8)2/h6-7H,3-5,9H2,1-2H3. The van der Waals surface area contributed by atoms with E-state index in [-0.39, 0.29) is 0 Å². The normalized spacial score (nSPS) is 15.4. The highest BCUT2D eigenvalue weighted by atomic mass is 32.2. The van der Waals surface area contributed by atoms with Gasteiger partial charge in [-0.15, -0.1) is 0 Å². The fourth-order valence-corrected chi connectivity index (χ4v) is 2.48. The first kappa shape index (κ1) is 11.3. The lowest BCUT2D eigenvalue weighted by atomic mass is 10.2. The van der Waals surface area contributed by atoms with E-state index < -0.39 is 10.8 Å². The molecule has 1 aromatic rings. The van der Waals surface area contributed by atoms with Crippen LogP contribution in [0.3, 0.4) is 0 Å². The van der Waals surface area contributed by atoms with Crippen molar-refractivity contribution in [1.29, 1.82) is 0 Å². The SMILES string of the molecule is CC(CN)CS(=O)Cc1ncnn1C. The Balaban J connectivity index is 2.45. The third-order valence-electron chi connectivity index (χ3n) is 1.97. The molecule has 0 radical (unpaired) electrons. The van der Waals surface area contributed by atoms with E-state index in [4.69, 9.17) is 5.73 Å². The molecule has 0 aliphatic heterocycles. The van der Waals surface area contributed by atoms with Crippen molar-refractivity contribution < 1.29 is 4.21 Å². The van der Waals surface area contributed by atoms with Crippen molar-refractivity contribution in [2.45, 2.75) is 12.7 Å². The maximum Gasteiger partial charge on any atom is 0.139 e. The molecule has 2 unspecified atom stereocenters. The van der Waals surface area contributed by atoms with Crippen molar-refractivity contribution in [2.24, 2.45) is 18.7 Å². The van der Waals surface area contributed by atoms with Crippen LogP contribution in [-0.2, 0) is 23.6 Å². The van der Waals surface area contributed by atoms with E-state index in [0.717, 1.165) is 5.82 Å². The van der Waals surface area contributed by atoms with E-state index in [1.807, 2.05) is 6.92 Å². The highest BCUT2D eigenvalue weighted by molar-refractivity contribution is 7.84. The molecule has 0 amide bonds. The molecular formula is C8H16N4OS. The Hall–Kier alpha value is -0.750. The Kier molecular flexibility index (Phi) is 4.21. The van der Waals surface area contributed by atoms with Gasteiger partial charge in [-0.25, -0.2) is 4.98 Å². The van der Waals surface area contributed by atoms with Gasteiger partial charge in [-0.3, -0.25) is 8.89 Å². The lowest BCUT2D eigenvalue weighted by Gasteiger charge is -2.07. The first-order valence-electron chi connectivity index (χ1n) is 4.51. The van der Waals surface area contributed by atoms with Crippen LogP contribution >= 0.6 is 0 Å². The van der Waals surface area contributed by atoms with Gasteiger partial charge < -0.3 is 5.73 Å². The van der Waals surface area contributed by atoms with Crippen molar-refractivity contribution in [2.75, 3.05) is 12.3 Å². The van der Waals surface area contributed by atoms with E-state index in [1.165, 1.54) is 6.33 Å². The summed E-state index contributed by atoms with van der Waals surface area (Å²) in [5.74, 6) is 2.14. The Labute approximate surface area is 86.2 Å². The van der Waals surface area contributed by atoms with Crippen LogP contribution in [0.15, 0.2) is 6.33 Å². The highest BCUT2D eigenvalue weighted by Crippen LogP contribution is 2.02.